The predicted molar refractivity (Wildman–Crippen MR) is 91.4 cm³/mol. The standard InChI is InChI=1S/C17H14FN3O6/c18-13-6-1-2-7-14(13)20-15(22)10-27-16(23)9-19-17(24)11-4-3-5-12(8-11)21(25)26/h1-8H,9-10H2,(H,19,24)(H,20,22). The van der Waals surface area contributed by atoms with E-state index in [0.717, 1.165) is 12.1 Å². The fraction of sp³-hybridized carbons (Fsp3) is 0.118. The van der Waals surface area contributed by atoms with Gasteiger partial charge in [0.15, 0.2) is 6.61 Å². The van der Waals surface area contributed by atoms with Crippen molar-refractivity contribution in [1.82, 2.24) is 5.32 Å². The SMILES string of the molecule is O=C(COC(=O)CNC(=O)c1cccc([N+](=O)[O-])c1)Nc1ccccc1F. The number of nitrogens with one attached hydrogen (secondary N) is 2. The third kappa shape index (κ3) is 5.88. The van der Waals surface area contributed by atoms with E-state index in [4.69, 9.17) is 0 Å². The lowest BCUT2D eigenvalue weighted by atomic mass is 10.2. The monoisotopic (exact) mass is 375 g/mol. The van der Waals surface area contributed by atoms with Gasteiger partial charge in [-0.2, -0.15) is 0 Å². The van der Waals surface area contributed by atoms with Crippen LogP contribution in [0.2, 0.25) is 0 Å². The molecule has 2 aromatic carbocycles. The van der Waals surface area contributed by atoms with Gasteiger partial charge in [0.05, 0.1) is 10.6 Å². The first-order valence-corrected chi connectivity index (χ1v) is 7.59. The highest BCUT2D eigenvalue weighted by molar-refractivity contribution is 5.97. The Morgan fingerprint density at radius 3 is 2.56 bits per heavy atom. The van der Waals surface area contributed by atoms with E-state index in [9.17, 15) is 28.9 Å². The number of carbonyl (C=O) groups excluding carboxylic acids is 3. The first-order valence-electron chi connectivity index (χ1n) is 7.59. The lowest BCUT2D eigenvalue weighted by Crippen LogP contribution is -2.32. The maximum Gasteiger partial charge on any atom is 0.325 e. The van der Waals surface area contributed by atoms with Crippen molar-refractivity contribution in [2.45, 2.75) is 0 Å². The average Bonchev–Trinajstić information content (AvgIpc) is 2.66. The van der Waals surface area contributed by atoms with Gasteiger partial charge in [-0.25, -0.2) is 4.39 Å². The zero-order valence-corrected chi connectivity index (χ0v) is 13.8. The molecule has 0 aromatic heterocycles. The van der Waals surface area contributed by atoms with E-state index in [0.29, 0.717) is 0 Å². The van der Waals surface area contributed by atoms with Crippen molar-refractivity contribution in [2.75, 3.05) is 18.5 Å². The fourth-order valence-corrected chi connectivity index (χ4v) is 1.96. The van der Waals surface area contributed by atoms with Crippen LogP contribution in [0.4, 0.5) is 15.8 Å². The molecule has 2 aromatic rings. The molecule has 0 unspecified atom stereocenters. The molecule has 2 amide bonds. The number of esters is 1. The highest BCUT2D eigenvalue weighted by atomic mass is 19.1. The molecule has 9 nitrogen and oxygen atoms in total. The molecule has 0 spiro atoms. The lowest BCUT2D eigenvalue weighted by Gasteiger charge is -2.08. The third-order valence-corrected chi connectivity index (χ3v) is 3.22. The van der Waals surface area contributed by atoms with Crippen molar-refractivity contribution >= 4 is 29.2 Å². The molecular weight excluding hydrogens is 361 g/mol. The summed E-state index contributed by atoms with van der Waals surface area (Å²) in [5, 5.41) is 15.1. The smallest absolute Gasteiger partial charge is 0.325 e. The van der Waals surface area contributed by atoms with Gasteiger partial charge in [-0.1, -0.05) is 18.2 Å². The van der Waals surface area contributed by atoms with E-state index in [1.54, 1.807) is 0 Å². The Morgan fingerprint density at radius 2 is 1.85 bits per heavy atom. The second-order valence-electron chi connectivity index (χ2n) is 5.18. The Hall–Kier alpha value is -3.82. The van der Waals surface area contributed by atoms with Crippen molar-refractivity contribution < 1.29 is 28.4 Å². The molecule has 0 bridgehead atoms. The number of para-hydroxylation sites is 1. The molecule has 0 saturated carbocycles. The quantitative estimate of drug-likeness (QED) is 0.430. The number of nitrogens with zero attached hydrogens (tertiary/aromatic N) is 1. The van der Waals surface area contributed by atoms with Crippen molar-refractivity contribution in [2.24, 2.45) is 0 Å². The first kappa shape index (κ1) is 19.5. The lowest BCUT2D eigenvalue weighted by molar-refractivity contribution is -0.384. The highest BCUT2D eigenvalue weighted by Crippen LogP contribution is 2.13. The van der Waals surface area contributed by atoms with Crippen LogP contribution < -0.4 is 10.6 Å². The van der Waals surface area contributed by atoms with Crippen LogP contribution in [0.25, 0.3) is 0 Å². The number of amides is 2. The van der Waals surface area contributed by atoms with Crippen molar-refractivity contribution in [3.8, 4) is 0 Å². The summed E-state index contributed by atoms with van der Waals surface area (Å²) < 4.78 is 18.1. The Bertz CT molecular complexity index is 886. The molecular formula is C17H14FN3O6. The second kappa shape index (κ2) is 9.04. The van der Waals surface area contributed by atoms with Crippen LogP contribution in [-0.4, -0.2) is 35.9 Å². The van der Waals surface area contributed by atoms with Crippen LogP contribution in [0.1, 0.15) is 10.4 Å². The van der Waals surface area contributed by atoms with Gasteiger partial charge in [0, 0.05) is 17.7 Å². The topological polar surface area (TPSA) is 128 Å². The predicted octanol–water partition coefficient (Wildman–Crippen LogP) is 1.65. The Morgan fingerprint density at radius 1 is 1.11 bits per heavy atom. The van der Waals surface area contributed by atoms with Gasteiger partial charge in [-0.3, -0.25) is 24.5 Å². The second-order valence-corrected chi connectivity index (χ2v) is 5.18. The van der Waals surface area contributed by atoms with E-state index in [1.807, 2.05) is 0 Å². The number of halogens is 1. The van der Waals surface area contributed by atoms with Crippen LogP contribution >= 0.6 is 0 Å². The third-order valence-electron chi connectivity index (χ3n) is 3.22. The number of anilines is 1. The van der Waals surface area contributed by atoms with E-state index < -0.39 is 41.7 Å². The van der Waals surface area contributed by atoms with Crippen molar-refractivity contribution in [3.05, 3.63) is 70.0 Å². The number of ether oxygens (including phenoxy) is 1. The van der Waals surface area contributed by atoms with Gasteiger partial charge in [0.25, 0.3) is 17.5 Å². The molecule has 0 radical (unpaired) electrons. The Balaban J connectivity index is 1.78. The molecule has 0 saturated heterocycles. The Kier molecular flexibility index (Phi) is 6.53. The van der Waals surface area contributed by atoms with Crippen LogP contribution in [0, 0.1) is 15.9 Å². The molecule has 140 valence electrons. The van der Waals surface area contributed by atoms with Crippen LogP contribution in [-0.2, 0) is 14.3 Å². The maximum absolute atomic E-state index is 13.4. The van der Waals surface area contributed by atoms with E-state index in [-0.39, 0.29) is 16.9 Å². The van der Waals surface area contributed by atoms with Gasteiger partial charge in [-0.15, -0.1) is 0 Å². The van der Waals surface area contributed by atoms with Crippen molar-refractivity contribution in [1.29, 1.82) is 0 Å². The number of nitro benzene ring substituents is 1. The molecule has 0 aliphatic heterocycles. The summed E-state index contributed by atoms with van der Waals surface area (Å²) in [4.78, 5) is 45.1. The van der Waals surface area contributed by atoms with Crippen LogP contribution in [0.5, 0.6) is 0 Å². The molecule has 27 heavy (non-hydrogen) atoms. The molecule has 2 rings (SSSR count). The molecule has 2 N–H and O–H groups in total. The largest absolute Gasteiger partial charge is 0.454 e. The minimum Gasteiger partial charge on any atom is -0.454 e. The van der Waals surface area contributed by atoms with E-state index in [1.165, 1.54) is 36.4 Å². The molecule has 10 heteroatoms. The van der Waals surface area contributed by atoms with Crippen LogP contribution in [0.3, 0.4) is 0 Å². The van der Waals surface area contributed by atoms with E-state index >= 15 is 0 Å². The molecule has 0 aliphatic rings. The molecule has 0 atom stereocenters. The fourth-order valence-electron chi connectivity index (χ4n) is 1.96. The summed E-state index contributed by atoms with van der Waals surface area (Å²) in [7, 11) is 0. The number of nitro groups is 1. The molecule has 0 heterocycles. The van der Waals surface area contributed by atoms with Gasteiger partial charge < -0.3 is 15.4 Å². The number of non-ortho nitro benzene ring substituents is 1. The van der Waals surface area contributed by atoms with E-state index in [2.05, 4.69) is 15.4 Å². The van der Waals surface area contributed by atoms with Gasteiger partial charge in [0.1, 0.15) is 12.4 Å². The summed E-state index contributed by atoms with van der Waals surface area (Å²) in [5.74, 6) is -3.01. The molecule has 0 aliphatic carbocycles. The number of carbonyl (C=O) groups is 3. The van der Waals surface area contributed by atoms with Crippen molar-refractivity contribution in [3.63, 3.8) is 0 Å². The summed E-state index contributed by atoms with van der Waals surface area (Å²) >= 11 is 0. The van der Waals surface area contributed by atoms with Gasteiger partial charge >= 0.3 is 5.97 Å². The summed E-state index contributed by atoms with van der Waals surface area (Å²) in [6.45, 7) is -1.21. The van der Waals surface area contributed by atoms with Gasteiger partial charge in [-0.05, 0) is 18.2 Å². The number of benzene rings is 2. The number of rotatable bonds is 7. The van der Waals surface area contributed by atoms with Gasteiger partial charge in [0.2, 0.25) is 0 Å². The van der Waals surface area contributed by atoms with Crippen LogP contribution in [0.15, 0.2) is 48.5 Å². The summed E-state index contributed by atoms with van der Waals surface area (Å²) in [5.41, 5.74) is -0.332. The first-order chi connectivity index (χ1) is 12.9. The summed E-state index contributed by atoms with van der Waals surface area (Å²) in [6.07, 6.45) is 0. The zero-order valence-electron chi connectivity index (χ0n) is 13.8. The maximum atomic E-state index is 13.4. The number of hydrogen-bond donors (Lipinski definition) is 2. The highest BCUT2D eigenvalue weighted by Gasteiger charge is 2.14. The zero-order chi connectivity index (χ0) is 19.8. The minimum atomic E-state index is -0.905. The Labute approximate surface area is 152 Å². The normalized spacial score (nSPS) is 9.96. The average molecular weight is 375 g/mol. The minimum absolute atomic E-state index is 0.00528. The molecule has 0 fully saturated rings. The summed E-state index contributed by atoms with van der Waals surface area (Å²) in [6, 6.07) is 10.4. The number of hydrogen-bond acceptors (Lipinski definition) is 6.